The summed E-state index contributed by atoms with van der Waals surface area (Å²) >= 11 is 9.58. The Morgan fingerprint density at radius 2 is 0.889 bits per heavy atom. The Balaban J connectivity index is 0.000000565. The van der Waals surface area contributed by atoms with Crippen molar-refractivity contribution in [2.24, 2.45) is 0 Å². The van der Waals surface area contributed by atoms with Gasteiger partial charge >= 0.3 is 0 Å². The van der Waals surface area contributed by atoms with Crippen molar-refractivity contribution in [1.82, 2.24) is 19.9 Å². The highest BCUT2D eigenvalue weighted by atomic mass is 35.7. The Hall–Kier alpha value is -2.60. The second-order valence-corrected chi connectivity index (χ2v) is 7.83. The third-order valence-electron chi connectivity index (χ3n) is 4.04. The van der Waals surface area contributed by atoms with E-state index >= 15 is 0 Å². The normalized spacial score (nSPS) is 11.9. The summed E-state index contributed by atoms with van der Waals surface area (Å²) in [4.78, 5) is 16.0. The summed E-state index contributed by atoms with van der Waals surface area (Å²) in [6.07, 6.45) is 8.05. The molecule has 7 heteroatoms. The van der Waals surface area contributed by atoms with Gasteiger partial charge in [-0.15, -0.1) is 22.2 Å². The first kappa shape index (κ1) is 17.8. The minimum atomic E-state index is 0.0278. The van der Waals surface area contributed by atoms with Crippen LogP contribution in [0.15, 0.2) is 48.5 Å². The van der Waals surface area contributed by atoms with Crippen molar-refractivity contribution in [2.45, 2.75) is 0 Å². The van der Waals surface area contributed by atoms with Crippen LogP contribution in [0.1, 0.15) is 22.8 Å². The lowest BCUT2D eigenvalue weighted by Crippen LogP contribution is -1.77. The molecule has 3 aromatic rings. The van der Waals surface area contributed by atoms with Crippen LogP contribution in [0, 0.1) is 0 Å². The fourth-order valence-electron chi connectivity index (χ4n) is 2.94. The van der Waals surface area contributed by atoms with Crippen LogP contribution in [0.5, 0.6) is 0 Å². The predicted octanol–water partition coefficient (Wildman–Crippen LogP) is 5.65. The smallest absolute Gasteiger partial charge is 0.295 e. The van der Waals surface area contributed by atoms with Crippen LogP contribution in [0.4, 0.5) is 0 Å². The molecule has 0 atom stereocenters. The van der Waals surface area contributed by atoms with Gasteiger partial charge in [0.1, 0.15) is 0 Å². The van der Waals surface area contributed by atoms with Crippen molar-refractivity contribution >= 4 is 76.7 Å². The maximum absolute atomic E-state index is 4.79. The van der Waals surface area contributed by atoms with Gasteiger partial charge in [-0.05, 0) is 72.8 Å². The van der Waals surface area contributed by atoms with E-state index in [-0.39, 0.29) is 8.14 Å². The van der Waals surface area contributed by atoms with Crippen LogP contribution < -0.4 is 0 Å². The first-order chi connectivity index (χ1) is 13.2. The third kappa shape index (κ3) is 4.39. The minimum absolute atomic E-state index is 0.0278. The Labute approximate surface area is 167 Å². The highest BCUT2D eigenvalue weighted by molar-refractivity contribution is 7.22. The number of rotatable bonds is 0. The highest BCUT2D eigenvalue weighted by Gasteiger charge is 2.02. The fourth-order valence-corrected chi connectivity index (χ4v) is 2.94. The average molecular weight is 409 g/mol. The summed E-state index contributed by atoms with van der Waals surface area (Å²) in [5, 5.41) is 0. The standard InChI is InChI=1S/C20H14N4.Cl2Si/c1-2-14-10-16-5-6-18(23-16)12-20-8-7-19(24-20)11-17-4-3-15(22-17)9-13(1)21-14;1-3-2/h1-12,21-22H;. The lowest BCUT2D eigenvalue weighted by Gasteiger charge is -1.86. The molecule has 0 saturated carbocycles. The third-order valence-corrected chi connectivity index (χ3v) is 4.04. The zero-order valence-electron chi connectivity index (χ0n) is 14.1. The Morgan fingerprint density at radius 3 is 1.30 bits per heavy atom. The van der Waals surface area contributed by atoms with Gasteiger partial charge < -0.3 is 9.97 Å². The number of nitrogens with one attached hydrogen (secondary N) is 2. The van der Waals surface area contributed by atoms with Crippen molar-refractivity contribution in [3.8, 4) is 0 Å². The number of hydrogen-bond acceptors (Lipinski definition) is 2. The zero-order valence-corrected chi connectivity index (χ0v) is 16.6. The molecular formula is C20H14Cl2N4Si. The van der Waals surface area contributed by atoms with Crippen molar-refractivity contribution in [3.05, 3.63) is 71.3 Å². The molecule has 3 aromatic heterocycles. The molecular weight excluding hydrogens is 395 g/mol. The van der Waals surface area contributed by atoms with Gasteiger partial charge in [0, 0.05) is 22.1 Å². The van der Waals surface area contributed by atoms with E-state index in [0.29, 0.717) is 0 Å². The molecule has 2 N–H and O–H groups in total. The lowest BCUT2D eigenvalue weighted by atomic mass is 10.3. The molecule has 0 aromatic carbocycles. The molecule has 2 aliphatic heterocycles. The maximum Gasteiger partial charge on any atom is 0.295 e. The fraction of sp³-hybridized carbons (Fsp3) is 0. The summed E-state index contributed by atoms with van der Waals surface area (Å²) in [5.41, 5.74) is 7.86. The number of halogens is 2. The lowest BCUT2D eigenvalue weighted by molar-refractivity contribution is 1.28. The molecule has 0 saturated heterocycles. The van der Waals surface area contributed by atoms with Gasteiger partial charge in [-0.3, -0.25) is 0 Å². The van der Waals surface area contributed by atoms with E-state index in [1.165, 1.54) is 0 Å². The van der Waals surface area contributed by atoms with Gasteiger partial charge in [0.2, 0.25) is 0 Å². The van der Waals surface area contributed by atoms with Crippen LogP contribution in [-0.2, 0) is 0 Å². The molecule has 27 heavy (non-hydrogen) atoms. The van der Waals surface area contributed by atoms with E-state index in [0.717, 1.165) is 44.8 Å². The van der Waals surface area contributed by atoms with Gasteiger partial charge in [-0.1, -0.05) is 0 Å². The first-order valence-electron chi connectivity index (χ1n) is 8.22. The van der Waals surface area contributed by atoms with Gasteiger partial charge in [0.15, 0.2) is 0 Å². The molecule has 132 valence electrons. The molecule has 8 bridgehead atoms. The van der Waals surface area contributed by atoms with Crippen LogP contribution >= 0.6 is 22.2 Å². The molecule has 0 aliphatic carbocycles. The van der Waals surface area contributed by atoms with E-state index in [2.05, 4.69) is 50.3 Å². The Morgan fingerprint density at radius 1 is 0.556 bits per heavy atom. The van der Waals surface area contributed by atoms with Gasteiger partial charge in [-0.2, -0.15) is 0 Å². The number of aromatic nitrogens is 4. The average Bonchev–Trinajstić information content (AvgIpc) is 3.41. The van der Waals surface area contributed by atoms with Crippen LogP contribution in [-0.4, -0.2) is 28.1 Å². The molecule has 5 rings (SSSR count). The second-order valence-electron chi connectivity index (χ2n) is 5.98. The monoisotopic (exact) mass is 408 g/mol. The first-order valence-corrected chi connectivity index (χ1v) is 11.2. The van der Waals surface area contributed by atoms with E-state index in [4.69, 9.17) is 22.2 Å². The molecule has 5 heterocycles. The Bertz CT molecular complexity index is 1100. The summed E-state index contributed by atoms with van der Waals surface area (Å²) in [6.45, 7) is 0. The molecule has 0 amide bonds. The van der Waals surface area contributed by atoms with Crippen LogP contribution in [0.3, 0.4) is 0 Å². The van der Waals surface area contributed by atoms with E-state index in [1.807, 2.05) is 42.5 Å². The topological polar surface area (TPSA) is 57.4 Å². The number of fused-ring (bicyclic) bond motifs is 8. The van der Waals surface area contributed by atoms with E-state index < -0.39 is 0 Å². The van der Waals surface area contributed by atoms with Crippen LogP contribution in [0.25, 0.3) is 46.4 Å². The van der Waals surface area contributed by atoms with Gasteiger partial charge in [-0.25, -0.2) is 9.97 Å². The molecule has 0 spiro atoms. The quantitative estimate of drug-likeness (QED) is 0.256. The van der Waals surface area contributed by atoms with Crippen molar-refractivity contribution < 1.29 is 0 Å². The van der Waals surface area contributed by atoms with Crippen molar-refractivity contribution in [3.63, 3.8) is 0 Å². The molecule has 2 radical (unpaired) electrons. The van der Waals surface area contributed by atoms with Gasteiger partial charge in [0.05, 0.1) is 22.8 Å². The number of aromatic amines is 2. The predicted molar refractivity (Wildman–Crippen MR) is 116 cm³/mol. The molecule has 2 aliphatic rings. The molecule has 4 nitrogen and oxygen atoms in total. The largest absolute Gasteiger partial charge is 0.355 e. The minimum Gasteiger partial charge on any atom is -0.355 e. The van der Waals surface area contributed by atoms with E-state index in [9.17, 15) is 0 Å². The van der Waals surface area contributed by atoms with Crippen molar-refractivity contribution in [2.75, 3.05) is 0 Å². The number of nitrogens with zero attached hydrogens (tertiary/aromatic N) is 2. The zero-order chi connectivity index (χ0) is 18.6. The van der Waals surface area contributed by atoms with E-state index in [1.54, 1.807) is 0 Å². The highest BCUT2D eigenvalue weighted by Crippen LogP contribution is 2.17. The Kier molecular flexibility index (Phi) is 5.25. The SMILES string of the molecule is C1=Cc2cc3ccc(cc4ccc(cc5nc(cc1n2)C=C5)[nH]4)[nH]3.Cl[Si]Cl. The molecule has 0 unspecified atom stereocenters. The summed E-state index contributed by atoms with van der Waals surface area (Å²) in [6, 6.07) is 16.4. The summed E-state index contributed by atoms with van der Waals surface area (Å²) in [7, 11) is 0.0278. The molecule has 0 fully saturated rings. The van der Waals surface area contributed by atoms with Crippen molar-refractivity contribution in [1.29, 1.82) is 0 Å². The van der Waals surface area contributed by atoms with Crippen LogP contribution in [0.2, 0.25) is 0 Å². The number of hydrogen-bond donors (Lipinski definition) is 2. The summed E-state index contributed by atoms with van der Waals surface area (Å²) < 4.78 is 0. The van der Waals surface area contributed by atoms with Gasteiger partial charge in [0.25, 0.3) is 8.14 Å². The second kappa shape index (κ2) is 7.96. The maximum atomic E-state index is 4.79. The number of H-pyrrole nitrogens is 2. The summed E-state index contributed by atoms with van der Waals surface area (Å²) in [5.74, 6) is 0.